The molecule has 1 N–H and O–H groups in total. The van der Waals surface area contributed by atoms with Crippen LogP contribution in [0.15, 0.2) is 60.9 Å². The van der Waals surface area contributed by atoms with Gasteiger partial charge >= 0.3 is 0 Å². The number of nitrogens with one attached hydrogen (secondary N) is 1. The molecule has 0 saturated heterocycles. The number of fused-ring (bicyclic) bond motifs is 4. The topological polar surface area (TPSA) is 41.8 Å². The number of nitrogens with zero attached hydrogens (tertiary/aromatic N) is 2. The molecule has 5 aromatic rings. The zero-order valence-electron chi connectivity index (χ0n) is 15.3. The van der Waals surface area contributed by atoms with Gasteiger partial charge < -0.3 is 4.74 Å². The van der Waals surface area contributed by atoms with Gasteiger partial charge in [-0.3, -0.25) is 5.10 Å². The molecule has 0 radical (unpaired) electrons. The molecule has 3 heterocycles. The number of halogens is 2. The third kappa shape index (κ3) is 2.11. The van der Waals surface area contributed by atoms with Crippen LogP contribution in [0.1, 0.15) is 0 Å². The number of hydrogen-bond acceptors (Lipinski definition) is 2. The Morgan fingerprint density at radius 2 is 1.86 bits per heavy atom. The quantitative estimate of drug-likeness (QED) is 0.309. The molecule has 0 bridgehead atoms. The standard InChI is InChI=1S/C23H13F2N3O/c1-28-22-17-9-13(24)5-8-18(17)29-19-4-2-3-15(20(19)22)16-7-6-14(21(25)23(16)28)12-10-26-27-11-12/h2-11H,1H3/p+1. The van der Waals surface area contributed by atoms with Crippen molar-refractivity contribution in [3.05, 3.63) is 72.6 Å². The van der Waals surface area contributed by atoms with E-state index in [2.05, 4.69) is 10.2 Å². The highest BCUT2D eigenvalue weighted by molar-refractivity contribution is 6.13. The van der Waals surface area contributed by atoms with E-state index in [0.29, 0.717) is 33.7 Å². The first-order valence-electron chi connectivity index (χ1n) is 9.17. The van der Waals surface area contributed by atoms with E-state index in [-0.39, 0.29) is 11.6 Å². The van der Waals surface area contributed by atoms with Gasteiger partial charge in [0, 0.05) is 22.7 Å². The number of H-pyrrole nitrogens is 1. The summed E-state index contributed by atoms with van der Waals surface area (Å²) in [5.74, 6) is 0.508. The third-order valence-corrected chi connectivity index (χ3v) is 5.57. The van der Waals surface area contributed by atoms with E-state index in [1.165, 1.54) is 12.1 Å². The first-order valence-corrected chi connectivity index (χ1v) is 9.17. The SMILES string of the molecule is C[n+]1c2c3c(cccc3c3ccc(-c4cn[nH]c4)c(F)c31)Oc1ccc(F)cc1-2. The van der Waals surface area contributed by atoms with Crippen LogP contribution >= 0.6 is 0 Å². The number of ether oxygens (including phenoxy) is 1. The maximum atomic E-state index is 15.7. The van der Waals surface area contributed by atoms with E-state index >= 15 is 4.39 Å². The van der Waals surface area contributed by atoms with Gasteiger partial charge in [-0.25, -0.2) is 4.39 Å². The smallest absolute Gasteiger partial charge is 0.250 e. The van der Waals surface area contributed by atoms with Gasteiger partial charge in [0.15, 0.2) is 0 Å². The summed E-state index contributed by atoms with van der Waals surface area (Å²) in [6.07, 6.45) is 3.25. The minimum absolute atomic E-state index is 0.348. The predicted octanol–water partition coefficient (Wildman–Crippen LogP) is 5.26. The molecule has 140 valence electrons. The van der Waals surface area contributed by atoms with Crippen LogP contribution < -0.4 is 9.30 Å². The summed E-state index contributed by atoms with van der Waals surface area (Å²) in [7, 11) is 1.80. The zero-order valence-corrected chi connectivity index (χ0v) is 15.3. The van der Waals surface area contributed by atoms with Crippen molar-refractivity contribution in [2.45, 2.75) is 0 Å². The van der Waals surface area contributed by atoms with Crippen LogP contribution in [-0.4, -0.2) is 10.2 Å². The van der Waals surface area contributed by atoms with Gasteiger partial charge in [0.05, 0.1) is 22.5 Å². The van der Waals surface area contributed by atoms with Crippen LogP contribution in [0.4, 0.5) is 8.78 Å². The Kier molecular flexibility index (Phi) is 3.13. The second kappa shape index (κ2) is 5.61. The summed E-state index contributed by atoms with van der Waals surface area (Å²) in [6, 6.07) is 13.8. The van der Waals surface area contributed by atoms with Crippen LogP contribution in [0.2, 0.25) is 0 Å². The average Bonchev–Trinajstić information content (AvgIpc) is 3.25. The molecule has 1 aliphatic heterocycles. The summed E-state index contributed by atoms with van der Waals surface area (Å²) >= 11 is 0. The van der Waals surface area contributed by atoms with Crippen molar-refractivity contribution in [3.8, 4) is 33.9 Å². The molecule has 0 unspecified atom stereocenters. The Bertz CT molecular complexity index is 1460. The zero-order chi connectivity index (χ0) is 19.7. The number of aromatic amines is 1. The normalized spacial score (nSPS) is 12.2. The first-order chi connectivity index (χ1) is 14.1. The molecule has 1 aliphatic rings. The molecule has 4 nitrogen and oxygen atoms in total. The Balaban J connectivity index is 1.83. The second-order valence-electron chi connectivity index (χ2n) is 7.14. The van der Waals surface area contributed by atoms with Crippen molar-refractivity contribution in [2.24, 2.45) is 7.05 Å². The van der Waals surface area contributed by atoms with Crippen LogP contribution in [-0.2, 0) is 7.05 Å². The summed E-state index contributed by atoms with van der Waals surface area (Å²) in [5, 5.41) is 9.12. The number of rotatable bonds is 1. The summed E-state index contributed by atoms with van der Waals surface area (Å²) in [5.41, 5.74) is 2.90. The lowest BCUT2D eigenvalue weighted by atomic mass is 9.94. The van der Waals surface area contributed by atoms with E-state index in [0.717, 1.165) is 21.9 Å². The lowest BCUT2D eigenvalue weighted by Crippen LogP contribution is -2.34. The number of aromatic nitrogens is 3. The maximum Gasteiger partial charge on any atom is 0.250 e. The van der Waals surface area contributed by atoms with Crippen LogP contribution in [0, 0.1) is 11.6 Å². The Labute approximate surface area is 164 Å². The van der Waals surface area contributed by atoms with Gasteiger partial charge in [0.25, 0.3) is 0 Å². The molecule has 2 aromatic heterocycles. The monoisotopic (exact) mass is 386 g/mol. The number of aryl methyl sites for hydroxylation is 1. The third-order valence-electron chi connectivity index (χ3n) is 5.57. The van der Waals surface area contributed by atoms with Gasteiger partial charge in [0.2, 0.25) is 17.0 Å². The van der Waals surface area contributed by atoms with Crippen molar-refractivity contribution in [2.75, 3.05) is 0 Å². The molecule has 0 aliphatic carbocycles. The Morgan fingerprint density at radius 1 is 0.966 bits per heavy atom. The molecular formula is C23H14F2N3O+. The Morgan fingerprint density at radius 3 is 2.69 bits per heavy atom. The molecular weight excluding hydrogens is 372 g/mol. The summed E-state index contributed by atoms with van der Waals surface area (Å²) in [6.45, 7) is 0. The van der Waals surface area contributed by atoms with Gasteiger partial charge in [-0.2, -0.15) is 14.1 Å². The highest BCUT2D eigenvalue weighted by atomic mass is 19.1. The lowest BCUT2D eigenvalue weighted by molar-refractivity contribution is -0.633. The lowest BCUT2D eigenvalue weighted by Gasteiger charge is -2.20. The number of hydrogen-bond donors (Lipinski definition) is 1. The molecule has 0 fully saturated rings. The van der Waals surface area contributed by atoms with Crippen molar-refractivity contribution >= 4 is 21.7 Å². The molecule has 3 aromatic carbocycles. The highest BCUT2D eigenvalue weighted by Crippen LogP contribution is 2.47. The minimum atomic E-state index is -0.368. The van der Waals surface area contributed by atoms with Crippen LogP contribution in [0.25, 0.3) is 44.1 Å². The highest BCUT2D eigenvalue weighted by Gasteiger charge is 2.32. The van der Waals surface area contributed by atoms with E-state index < -0.39 is 0 Å². The molecule has 0 saturated carbocycles. The number of pyridine rings is 1. The van der Waals surface area contributed by atoms with Crippen molar-refractivity contribution < 1.29 is 18.1 Å². The predicted molar refractivity (Wildman–Crippen MR) is 106 cm³/mol. The molecule has 0 amide bonds. The molecule has 29 heavy (non-hydrogen) atoms. The van der Waals surface area contributed by atoms with E-state index in [1.54, 1.807) is 36.1 Å². The van der Waals surface area contributed by atoms with Crippen molar-refractivity contribution in [3.63, 3.8) is 0 Å². The fraction of sp³-hybridized carbons (Fsp3) is 0.0435. The molecule has 0 atom stereocenters. The van der Waals surface area contributed by atoms with Crippen molar-refractivity contribution in [1.29, 1.82) is 0 Å². The number of benzene rings is 3. The second-order valence-corrected chi connectivity index (χ2v) is 7.14. The average molecular weight is 386 g/mol. The van der Waals surface area contributed by atoms with Gasteiger partial charge in [-0.05, 0) is 30.3 Å². The largest absolute Gasteiger partial charge is 0.456 e. The van der Waals surface area contributed by atoms with Gasteiger partial charge in [0.1, 0.15) is 24.4 Å². The van der Waals surface area contributed by atoms with E-state index in [1.807, 2.05) is 24.3 Å². The molecule has 6 heteroatoms. The van der Waals surface area contributed by atoms with Crippen LogP contribution in [0.5, 0.6) is 11.5 Å². The summed E-state index contributed by atoms with van der Waals surface area (Å²) in [4.78, 5) is 0. The summed E-state index contributed by atoms with van der Waals surface area (Å²) < 4.78 is 37.7. The molecule has 0 spiro atoms. The van der Waals surface area contributed by atoms with Gasteiger partial charge in [-0.1, -0.05) is 18.2 Å². The molecule has 6 rings (SSSR count). The van der Waals surface area contributed by atoms with Crippen molar-refractivity contribution in [1.82, 2.24) is 10.2 Å². The fourth-order valence-electron chi connectivity index (χ4n) is 4.31. The maximum absolute atomic E-state index is 15.7. The van der Waals surface area contributed by atoms with E-state index in [4.69, 9.17) is 4.74 Å². The van der Waals surface area contributed by atoms with Crippen LogP contribution in [0.3, 0.4) is 0 Å². The van der Waals surface area contributed by atoms with Gasteiger partial charge in [-0.15, -0.1) is 0 Å². The fourth-order valence-corrected chi connectivity index (χ4v) is 4.31. The minimum Gasteiger partial charge on any atom is -0.456 e. The van der Waals surface area contributed by atoms with E-state index in [9.17, 15) is 4.39 Å². The first kappa shape index (κ1) is 16.2. The Hall–Kier alpha value is -3.80.